The van der Waals surface area contributed by atoms with Gasteiger partial charge in [0, 0.05) is 18.8 Å². The Hall–Kier alpha value is -0.490. The van der Waals surface area contributed by atoms with E-state index in [9.17, 15) is 15.0 Å². The lowest BCUT2D eigenvalue weighted by Crippen LogP contribution is -2.60. The Morgan fingerprint density at radius 2 is 1.72 bits per heavy atom. The maximum absolute atomic E-state index is 12.6. The van der Waals surface area contributed by atoms with Crippen LogP contribution in [0.3, 0.4) is 0 Å². The first-order chi connectivity index (χ1) is 15.1. The highest BCUT2D eigenvalue weighted by Crippen LogP contribution is 2.71. The molecule has 5 nitrogen and oxygen atoms in total. The van der Waals surface area contributed by atoms with Crippen LogP contribution < -0.4 is 0 Å². The van der Waals surface area contributed by atoms with Crippen molar-refractivity contribution in [3.63, 3.8) is 0 Å². The SMILES string of the molecule is C[C@@H]1CC[C@@]2(OC1)O[C@H]1C[C@H]3[C@@H]4C[C@@H](O)[C@H]5C[C@@H](O)C(=O)C[C@]5(C)[C@H]4CC[C@]3(C)[C@H]1[C@@H]2C. The lowest BCUT2D eigenvalue weighted by atomic mass is 9.43. The molecule has 32 heavy (non-hydrogen) atoms. The van der Waals surface area contributed by atoms with Gasteiger partial charge in [-0.3, -0.25) is 4.79 Å². The molecule has 2 N–H and O–H groups in total. The quantitative estimate of drug-likeness (QED) is 0.589. The maximum atomic E-state index is 12.6. The van der Waals surface area contributed by atoms with Gasteiger partial charge in [-0.25, -0.2) is 0 Å². The number of fused-ring (bicyclic) bond motifs is 7. The Morgan fingerprint density at radius 1 is 0.938 bits per heavy atom. The van der Waals surface area contributed by atoms with E-state index in [0.29, 0.717) is 48.3 Å². The summed E-state index contributed by atoms with van der Waals surface area (Å²) in [7, 11) is 0. The highest BCUT2D eigenvalue weighted by molar-refractivity contribution is 5.84. The Kier molecular flexibility index (Phi) is 4.83. The zero-order valence-electron chi connectivity index (χ0n) is 20.3. The molecule has 4 aliphatic carbocycles. The summed E-state index contributed by atoms with van der Waals surface area (Å²) in [5.74, 6) is 2.60. The first-order valence-corrected chi connectivity index (χ1v) is 13.3. The van der Waals surface area contributed by atoms with Crippen LogP contribution in [0.15, 0.2) is 0 Å². The number of carbonyl (C=O) groups is 1. The molecule has 2 heterocycles. The van der Waals surface area contributed by atoms with Gasteiger partial charge < -0.3 is 19.7 Å². The summed E-state index contributed by atoms with van der Waals surface area (Å²) in [5, 5.41) is 21.4. The lowest BCUT2D eigenvalue weighted by molar-refractivity contribution is -0.273. The van der Waals surface area contributed by atoms with Crippen molar-refractivity contribution in [1.29, 1.82) is 0 Å². The molecule has 0 amide bonds. The number of aliphatic hydroxyl groups excluding tert-OH is 2. The van der Waals surface area contributed by atoms with Crippen molar-refractivity contribution in [3.05, 3.63) is 0 Å². The third-order valence-electron chi connectivity index (χ3n) is 11.8. The highest BCUT2D eigenvalue weighted by atomic mass is 16.7. The molecule has 6 rings (SSSR count). The van der Waals surface area contributed by atoms with Crippen LogP contribution in [0.4, 0.5) is 0 Å². The first kappa shape index (κ1) is 22.0. The monoisotopic (exact) mass is 446 g/mol. The second-order valence-electron chi connectivity index (χ2n) is 13.2. The fourth-order valence-corrected chi connectivity index (χ4v) is 10.2. The number of aliphatic hydroxyl groups is 2. The predicted octanol–water partition coefficient (Wildman–Crippen LogP) is 3.94. The fourth-order valence-electron chi connectivity index (χ4n) is 10.2. The van der Waals surface area contributed by atoms with Crippen molar-refractivity contribution in [1.82, 2.24) is 0 Å². The van der Waals surface area contributed by atoms with Crippen LogP contribution in [0.5, 0.6) is 0 Å². The number of ketones is 1. The van der Waals surface area contributed by atoms with Crippen LogP contribution >= 0.6 is 0 Å². The third-order valence-corrected chi connectivity index (χ3v) is 11.8. The Morgan fingerprint density at radius 3 is 2.44 bits per heavy atom. The van der Waals surface area contributed by atoms with Crippen molar-refractivity contribution >= 4 is 5.78 Å². The van der Waals surface area contributed by atoms with Crippen molar-refractivity contribution < 1.29 is 24.5 Å². The van der Waals surface area contributed by atoms with Gasteiger partial charge >= 0.3 is 0 Å². The molecule has 0 unspecified atom stereocenters. The molecule has 4 saturated carbocycles. The van der Waals surface area contributed by atoms with Crippen molar-refractivity contribution in [2.75, 3.05) is 6.61 Å². The number of rotatable bonds is 0. The molecule has 0 aromatic rings. The van der Waals surface area contributed by atoms with E-state index in [4.69, 9.17) is 9.47 Å². The number of ether oxygens (including phenoxy) is 2. The molecule has 0 aromatic heterocycles. The molecule has 1 spiro atoms. The summed E-state index contributed by atoms with van der Waals surface area (Å²) >= 11 is 0. The predicted molar refractivity (Wildman–Crippen MR) is 120 cm³/mol. The van der Waals surface area contributed by atoms with Gasteiger partial charge in [0.05, 0.1) is 18.8 Å². The van der Waals surface area contributed by atoms with Gasteiger partial charge in [-0.15, -0.1) is 0 Å². The van der Waals surface area contributed by atoms with Crippen molar-refractivity contribution in [2.45, 2.75) is 103 Å². The normalized spacial score (nSPS) is 61.8. The highest BCUT2D eigenvalue weighted by Gasteiger charge is 2.70. The Labute approximate surface area is 192 Å². The zero-order chi connectivity index (χ0) is 22.6. The molecular formula is C27H42O5. The van der Waals surface area contributed by atoms with E-state index in [-0.39, 0.29) is 34.4 Å². The average molecular weight is 447 g/mol. The number of Topliss-reactive ketones (excluding diaryl/α,β-unsaturated/α-hetero) is 1. The molecule has 2 aliphatic heterocycles. The van der Waals surface area contributed by atoms with Crippen LogP contribution in [-0.2, 0) is 14.3 Å². The number of hydrogen-bond donors (Lipinski definition) is 2. The van der Waals surface area contributed by atoms with Gasteiger partial charge in [-0.2, -0.15) is 0 Å². The van der Waals surface area contributed by atoms with E-state index >= 15 is 0 Å². The summed E-state index contributed by atoms with van der Waals surface area (Å²) < 4.78 is 13.3. The molecule has 0 aromatic carbocycles. The van der Waals surface area contributed by atoms with Crippen molar-refractivity contribution in [2.24, 2.45) is 52.3 Å². The number of hydrogen-bond acceptors (Lipinski definition) is 5. The van der Waals surface area contributed by atoms with E-state index in [2.05, 4.69) is 27.7 Å². The van der Waals surface area contributed by atoms with E-state index < -0.39 is 12.2 Å². The minimum atomic E-state index is -0.886. The molecule has 2 saturated heterocycles. The second-order valence-corrected chi connectivity index (χ2v) is 13.2. The molecule has 6 fully saturated rings. The average Bonchev–Trinajstić information content (AvgIpc) is 3.18. The zero-order valence-corrected chi connectivity index (χ0v) is 20.3. The van der Waals surface area contributed by atoms with Gasteiger partial charge in [-0.05, 0) is 84.9 Å². The van der Waals surface area contributed by atoms with Crippen LogP contribution in [0, 0.1) is 52.3 Å². The molecule has 13 atom stereocenters. The molecule has 180 valence electrons. The second kappa shape index (κ2) is 7.02. The summed E-state index contributed by atoms with van der Waals surface area (Å²) in [4.78, 5) is 12.6. The van der Waals surface area contributed by atoms with Crippen LogP contribution in [0.2, 0.25) is 0 Å². The summed E-state index contributed by atoms with van der Waals surface area (Å²) in [6, 6.07) is 0. The molecule has 0 bridgehead atoms. The summed E-state index contributed by atoms with van der Waals surface area (Å²) in [6.45, 7) is 10.2. The largest absolute Gasteiger partial charge is 0.393 e. The van der Waals surface area contributed by atoms with Gasteiger partial charge in [0.25, 0.3) is 0 Å². The Balaban J connectivity index is 1.29. The number of carbonyl (C=O) groups excluding carboxylic acids is 1. The van der Waals surface area contributed by atoms with Gasteiger partial charge in [0.15, 0.2) is 11.6 Å². The lowest BCUT2D eigenvalue weighted by Gasteiger charge is -2.62. The van der Waals surface area contributed by atoms with Crippen LogP contribution in [0.1, 0.15) is 79.1 Å². The topological polar surface area (TPSA) is 76.0 Å². The van der Waals surface area contributed by atoms with Gasteiger partial charge in [-0.1, -0.05) is 27.7 Å². The van der Waals surface area contributed by atoms with E-state index in [0.717, 1.165) is 32.3 Å². The maximum Gasteiger partial charge on any atom is 0.171 e. The molecule has 0 radical (unpaired) electrons. The molecule has 5 heteroatoms. The summed E-state index contributed by atoms with van der Waals surface area (Å²) in [5.41, 5.74) is 0.0241. The summed E-state index contributed by atoms with van der Waals surface area (Å²) in [6.07, 6.45) is 6.19. The standard InChI is InChI=1S/C27H42O5/c1-14-5-8-27(31-13-14)15(2)24-23(32-27)11-18-16-9-20(28)19-10-21(29)22(30)12-26(19,4)17(16)6-7-25(18,24)3/h14-21,23-24,28-29H,5-13H2,1-4H3/t14-,15+,16-,17+,18+,19-,20-,21-,23+,24+,25+,26-,27-/m1/s1. The first-order valence-electron chi connectivity index (χ1n) is 13.3. The van der Waals surface area contributed by atoms with E-state index in [1.54, 1.807) is 0 Å². The third kappa shape index (κ3) is 2.74. The van der Waals surface area contributed by atoms with Gasteiger partial charge in [0.2, 0.25) is 0 Å². The van der Waals surface area contributed by atoms with Crippen LogP contribution in [0.25, 0.3) is 0 Å². The van der Waals surface area contributed by atoms with Crippen LogP contribution in [-0.4, -0.2) is 46.7 Å². The van der Waals surface area contributed by atoms with Crippen molar-refractivity contribution in [3.8, 4) is 0 Å². The fraction of sp³-hybridized carbons (Fsp3) is 0.963. The smallest absolute Gasteiger partial charge is 0.171 e. The minimum absolute atomic E-state index is 0.0178. The minimum Gasteiger partial charge on any atom is -0.393 e. The van der Waals surface area contributed by atoms with E-state index in [1.807, 2.05) is 0 Å². The molecular weight excluding hydrogens is 404 g/mol. The van der Waals surface area contributed by atoms with E-state index in [1.165, 1.54) is 12.8 Å². The Bertz CT molecular complexity index is 789. The molecule has 6 aliphatic rings. The van der Waals surface area contributed by atoms with Gasteiger partial charge in [0.1, 0.15) is 6.10 Å².